The van der Waals surface area contributed by atoms with E-state index in [0.29, 0.717) is 5.69 Å². The summed E-state index contributed by atoms with van der Waals surface area (Å²) < 4.78 is 4.55. The summed E-state index contributed by atoms with van der Waals surface area (Å²) in [4.78, 5) is 19.8. The molecule has 1 amide bonds. The smallest absolute Gasteiger partial charge is 0.411 e. The Morgan fingerprint density at radius 3 is 2.41 bits per heavy atom. The third-order valence-corrected chi connectivity index (χ3v) is 3.30. The maximum absolute atomic E-state index is 11.1. The summed E-state index contributed by atoms with van der Waals surface area (Å²) in [6, 6.07) is 7.49. The van der Waals surface area contributed by atoms with Crippen LogP contribution in [0.3, 0.4) is 0 Å². The van der Waals surface area contributed by atoms with Crippen LogP contribution in [0.2, 0.25) is 0 Å². The van der Waals surface area contributed by atoms with E-state index in [2.05, 4.69) is 32.3 Å². The van der Waals surface area contributed by atoms with Crippen LogP contribution in [0.1, 0.15) is 30.0 Å². The number of hydrogen-bond donors (Lipinski definition) is 2. The van der Waals surface area contributed by atoms with Crippen LogP contribution in [0, 0.1) is 13.8 Å². The van der Waals surface area contributed by atoms with Gasteiger partial charge in [0.2, 0.25) is 0 Å². The Hall–Kier alpha value is -2.63. The van der Waals surface area contributed by atoms with Crippen molar-refractivity contribution < 1.29 is 9.53 Å². The summed E-state index contributed by atoms with van der Waals surface area (Å²) in [5.74, 6) is 0.770. The number of hydrogen-bond acceptors (Lipinski definition) is 5. The fourth-order valence-electron chi connectivity index (χ4n) is 2.16. The lowest BCUT2D eigenvalue weighted by Gasteiger charge is -2.17. The molecule has 1 aromatic carbocycles. The number of aryl methyl sites for hydroxylation is 2. The molecule has 116 valence electrons. The summed E-state index contributed by atoms with van der Waals surface area (Å²) in [7, 11) is 1.33. The van der Waals surface area contributed by atoms with E-state index in [-0.39, 0.29) is 6.04 Å². The van der Waals surface area contributed by atoms with Crippen molar-refractivity contribution in [3.63, 3.8) is 0 Å². The molecule has 0 saturated carbocycles. The molecule has 0 bridgehead atoms. The summed E-state index contributed by atoms with van der Waals surface area (Å²) in [5.41, 5.74) is 3.65. The highest BCUT2D eigenvalue weighted by atomic mass is 16.5. The number of methoxy groups -OCH3 is 1. The standard InChI is InChI=1S/C16H20N4O2/c1-10-15(9-17-12(3)18-10)11(2)19-13-5-7-14(8-6-13)20-16(21)22-4/h5-9,11,19H,1-4H3,(H,20,21)/t11-/m1/s1. The molecular weight excluding hydrogens is 280 g/mol. The quantitative estimate of drug-likeness (QED) is 0.904. The van der Waals surface area contributed by atoms with Crippen LogP contribution in [0.15, 0.2) is 30.5 Å². The lowest BCUT2D eigenvalue weighted by atomic mass is 10.1. The van der Waals surface area contributed by atoms with Gasteiger partial charge >= 0.3 is 6.09 Å². The number of aromatic nitrogens is 2. The van der Waals surface area contributed by atoms with Gasteiger partial charge in [-0.2, -0.15) is 0 Å². The zero-order valence-electron chi connectivity index (χ0n) is 13.2. The molecule has 22 heavy (non-hydrogen) atoms. The molecule has 1 atom stereocenters. The fourth-order valence-corrected chi connectivity index (χ4v) is 2.16. The minimum Gasteiger partial charge on any atom is -0.453 e. The minimum absolute atomic E-state index is 0.0833. The van der Waals surface area contributed by atoms with Crippen LogP contribution in [-0.2, 0) is 4.74 Å². The average molecular weight is 300 g/mol. The molecule has 0 radical (unpaired) electrons. The van der Waals surface area contributed by atoms with Crippen LogP contribution in [-0.4, -0.2) is 23.2 Å². The Bertz CT molecular complexity index is 656. The highest BCUT2D eigenvalue weighted by Gasteiger charge is 2.10. The maximum Gasteiger partial charge on any atom is 0.411 e. The van der Waals surface area contributed by atoms with Crippen molar-refractivity contribution in [2.75, 3.05) is 17.7 Å². The second-order valence-electron chi connectivity index (χ2n) is 5.02. The Labute approximate surface area is 129 Å². The SMILES string of the molecule is COC(=O)Nc1ccc(N[C@H](C)c2cnc(C)nc2C)cc1. The molecule has 1 heterocycles. The highest BCUT2D eigenvalue weighted by Crippen LogP contribution is 2.22. The first kappa shape index (κ1) is 15.8. The van der Waals surface area contributed by atoms with Crippen molar-refractivity contribution in [1.29, 1.82) is 0 Å². The topological polar surface area (TPSA) is 76.1 Å². The van der Waals surface area contributed by atoms with Gasteiger partial charge in [-0.1, -0.05) is 0 Å². The predicted molar refractivity (Wildman–Crippen MR) is 86.0 cm³/mol. The van der Waals surface area contributed by atoms with Crippen LogP contribution in [0.5, 0.6) is 0 Å². The van der Waals surface area contributed by atoms with E-state index in [4.69, 9.17) is 0 Å². The molecule has 2 aromatic rings. The van der Waals surface area contributed by atoms with Crippen molar-refractivity contribution in [3.8, 4) is 0 Å². The second-order valence-corrected chi connectivity index (χ2v) is 5.02. The molecule has 0 spiro atoms. The van der Waals surface area contributed by atoms with Crippen LogP contribution < -0.4 is 10.6 Å². The summed E-state index contributed by atoms with van der Waals surface area (Å²) >= 11 is 0. The molecule has 0 aliphatic carbocycles. The number of rotatable bonds is 4. The van der Waals surface area contributed by atoms with E-state index in [0.717, 1.165) is 22.8 Å². The van der Waals surface area contributed by atoms with Crippen molar-refractivity contribution >= 4 is 17.5 Å². The number of carbonyl (C=O) groups is 1. The Kier molecular flexibility index (Phi) is 4.93. The van der Waals surface area contributed by atoms with Gasteiger partial charge in [0.15, 0.2) is 0 Å². The second kappa shape index (κ2) is 6.89. The Balaban J connectivity index is 2.05. The van der Waals surface area contributed by atoms with Crippen LogP contribution in [0.25, 0.3) is 0 Å². The number of nitrogens with zero attached hydrogens (tertiary/aromatic N) is 2. The van der Waals surface area contributed by atoms with Gasteiger partial charge in [0.05, 0.1) is 13.2 Å². The van der Waals surface area contributed by atoms with E-state index >= 15 is 0 Å². The zero-order valence-corrected chi connectivity index (χ0v) is 13.2. The normalized spacial score (nSPS) is 11.6. The molecule has 0 aliphatic heterocycles. The molecule has 0 fully saturated rings. The number of carbonyl (C=O) groups excluding carboxylic acids is 1. The van der Waals surface area contributed by atoms with Gasteiger partial charge < -0.3 is 10.1 Å². The third-order valence-electron chi connectivity index (χ3n) is 3.30. The molecule has 1 aromatic heterocycles. The predicted octanol–water partition coefficient (Wildman–Crippen LogP) is 3.44. The van der Waals surface area contributed by atoms with E-state index in [1.807, 2.05) is 44.3 Å². The number of benzene rings is 1. The molecule has 0 unspecified atom stereocenters. The Morgan fingerprint density at radius 2 is 1.82 bits per heavy atom. The number of ether oxygens (including phenoxy) is 1. The highest BCUT2D eigenvalue weighted by molar-refractivity contribution is 5.84. The molecule has 0 saturated heterocycles. The van der Waals surface area contributed by atoms with Crippen molar-refractivity contribution in [2.24, 2.45) is 0 Å². The summed E-state index contributed by atoms with van der Waals surface area (Å²) in [6.45, 7) is 5.91. The summed E-state index contributed by atoms with van der Waals surface area (Å²) in [6.07, 6.45) is 1.36. The summed E-state index contributed by atoms with van der Waals surface area (Å²) in [5, 5.41) is 6.00. The monoisotopic (exact) mass is 300 g/mol. The first-order chi connectivity index (χ1) is 10.5. The molecular formula is C16H20N4O2. The first-order valence-electron chi connectivity index (χ1n) is 7.01. The lowest BCUT2D eigenvalue weighted by molar-refractivity contribution is 0.187. The van der Waals surface area contributed by atoms with Gasteiger partial charge in [0.25, 0.3) is 0 Å². The number of nitrogens with one attached hydrogen (secondary N) is 2. The lowest BCUT2D eigenvalue weighted by Crippen LogP contribution is -2.12. The molecule has 2 rings (SSSR count). The van der Waals surface area contributed by atoms with Gasteiger partial charge in [-0.3, -0.25) is 5.32 Å². The fraction of sp³-hybridized carbons (Fsp3) is 0.312. The number of amides is 1. The Morgan fingerprint density at radius 1 is 1.18 bits per heavy atom. The van der Waals surface area contributed by atoms with Gasteiger partial charge in [0.1, 0.15) is 5.82 Å². The zero-order chi connectivity index (χ0) is 16.1. The van der Waals surface area contributed by atoms with Crippen LogP contribution >= 0.6 is 0 Å². The molecule has 2 N–H and O–H groups in total. The van der Waals surface area contributed by atoms with Gasteiger partial charge in [0, 0.05) is 28.8 Å². The van der Waals surface area contributed by atoms with Crippen molar-refractivity contribution in [1.82, 2.24) is 9.97 Å². The molecule has 0 aliphatic rings. The average Bonchev–Trinajstić information content (AvgIpc) is 2.49. The molecule has 6 heteroatoms. The van der Waals surface area contributed by atoms with Crippen molar-refractivity contribution in [3.05, 3.63) is 47.5 Å². The van der Waals surface area contributed by atoms with Crippen molar-refractivity contribution in [2.45, 2.75) is 26.8 Å². The molecule has 6 nitrogen and oxygen atoms in total. The minimum atomic E-state index is -0.485. The maximum atomic E-state index is 11.1. The van der Waals surface area contributed by atoms with Gasteiger partial charge in [-0.05, 0) is 45.0 Å². The first-order valence-corrected chi connectivity index (χ1v) is 7.01. The van der Waals surface area contributed by atoms with E-state index in [9.17, 15) is 4.79 Å². The van der Waals surface area contributed by atoms with E-state index < -0.39 is 6.09 Å². The third kappa shape index (κ3) is 3.94. The largest absolute Gasteiger partial charge is 0.453 e. The van der Waals surface area contributed by atoms with E-state index in [1.54, 1.807) is 0 Å². The van der Waals surface area contributed by atoms with Gasteiger partial charge in [-0.15, -0.1) is 0 Å². The van der Waals surface area contributed by atoms with Gasteiger partial charge in [-0.25, -0.2) is 14.8 Å². The van der Waals surface area contributed by atoms with E-state index in [1.165, 1.54) is 7.11 Å². The van der Waals surface area contributed by atoms with Crippen LogP contribution in [0.4, 0.5) is 16.2 Å². The number of anilines is 2.